The van der Waals surface area contributed by atoms with E-state index in [-0.39, 0.29) is 6.04 Å². The van der Waals surface area contributed by atoms with Crippen molar-refractivity contribution in [2.75, 3.05) is 7.11 Å². The molecule has 0 amide bonds. The highest BCUT2D eigenvalue weighted by Crippen LogP contribution is 2.29. The number of hydrogen-bond acceptors (Lipinski definition) is 3. The summed E-state index contributed by atoms with van der Waals surface area (Å²) >= 11 is 3.42. The number of hydrogen-bond donors (Lipinski definition) is 2. The van der Waals surface area contributed by atoms with Gasteiger partial charge >= 0.3 is 0 Å². The Hall–Kier alpha value is -0.580. The molecule has 18 heavy (non-hydrogen) atoms. The Balaban J connectivity index is 2.71. The van der Waals surface area contributed by atoms with Crippen LogP contribution >= 0.6 is 15.9 Å². The van der Waals surface area contributed by atoms with Gasteiger partial charge in [-0.1, -0.05) is 19.9 Å². The number of aliphatic hydroxyl groups is 1. The van der Waals surface area contributed by atoms with Crippen molar-refractivity contribution in [3.05, 3.63) is 28.2 Å². The van der Waals surface area contributed by atoms with Crippen molar-refractivity contribution in [1.29, 1.82) is 0 Å². The van der Waals surface area contributed by atoms with E-state index in [2.05, 4.69) is 29.8 Å². The molecule has 4 heteroatoms. The third-order valence-corrected chi connectivity index (χ3v) is 3.63. The summed E-state index contributed by atoms with van der Waals surface area (Å²) < 4.78 is 6.02. The van der Waals surface area contributed by atoms with Crippen molar-refractivity contribution in [2.24, 2.45) is 11.7 Å². The average Bonchev–Trinajstić information content (AvgIpc) is 2.34. The summed E-state index contributed by atoms with van der Waals surface area (Å²) in [5.74, 6) is 1.34. The first-order chi connectivity index (χ1) is 8.45. The Morgan fingerprint density at radius 1 is 1.33 bits per heavy atom. The van der Waals surface area contributed by atoms with Crippen LogP contribution in [0.4, 0.5) is 0 Å². The molecule has 1 aromatic rings. The molecule has 2 atom stereocenters. The van der Waals surface area contributed by atoms with Crippen molar-refractivity contribution >= 4 is 15.9 Å². The second kappa shape index (κ2) is 7.12. The minimum Gasteiger partial charge on any atom is -0.496 e. The Morgan fingerprint density at radius 2 is 2.00 bits per heavy atom. The zero-order valence-electron chi connectivity index (χ0n) is 11.2. The standard InChI is InChI=1S/C14H22BrNO2/c1-9(2)4-6-12(17)14(16)10-5-7-13(18-3)11(15)8-10/h5,7-9,12,14,17H,4,6,16H2,1-3H3/t12-,14+/m1/s1. The maximum atomic E-state index is 10.1. The normalized spacial score (nSPS) is 14.6. The minimum atomic E-state index is -0.507. The Labute approximate surface area is 117 Å². The quantitative estimate of drug-likeness (QED) is 0.847. The maximum Gasteiger partial charge on any atom is 0.133 e. The lowest BCUT2D eigenvalue weighted by atomic mass is 9.96. The van der Waals surface area contributed by atoms with Crippen LogP contribution in [0.25, 0.3) is 0 Å². The van der Waals surface area contributed by atoms with E-state index in [1.807, 2.05) is 18.2 Å². The van der Waals surface area contributed by atoms with Crippen LogP contribution in [0.1, 0.15) is 38.3 Å². The largest absolute Gasteiger partial charge is 0.496 e. The van der Waals surface area contributed by atoms with Gasteiger partial charge in [-0.3, -0.25) is 0 Å². The highest BCUT2D eigenvalue weighted by atomic mass is 79.9. The third-order valence-electron chi connectivity index (χ3n) is 3.02. The number of halogens is 1. The van der Waals surface area contributed by atoms with Crippen LogP contribution in [0.15, 0.2) is 22.7 Å². The smallest absolute Gasteiger partial charge is 0.133 e. The monoisotopic (exact) mass is 315 g/mol. The predicted octanol–water partition coefficient (Wildman–Crippen LogP) is 3.25. The molecule has 102 valence electrons. The van der Waals surface area contributed by atoms with Crippen molar-refractivity contribution in [2.45, 2.75) is 38.8 Å². The van der Waals surface area contributed by atoms with E-state index in [1.165, 1.54) is 0 Å². The van der Waals surface area contributed by atoms with Crippen molar-refractivity contribution in [3.8, 4) is 5.75 Å². The number of benzene rings is 1. The molecule has 0 radical (unpaired) electrons. The first-order valence-corrected chi connectivity index (χ1v) is 7.02. The summed E-state index contributed by atoms with van der Waals surface area (Å²) in [6.45, 7) is 4.28. The highest BCUT2D eigenvalue weighted by Gasteiger charge is 2.18. The molecule has 3 nitrogen and oxygen atoms in total. The zero-order chi connectivity index (χ0) is 13.7. The summed E-state index contributed by atoms with van der Waals surface area (Å²) in [5, 5.41) is 10.1. The van der Waals surface area contributed by atoms with E-state index in [1.54, 1.807) is 7.11 Å². The van der Waals surface area contributed by atoms with Gasteiger partial charge < -0.3 is 15.6 Å². The molecular formula is C14H22BrNO2. The summed E-state index contributed by atoms with van der Waals surface area (Å²) in [6, 6.07) is 5.30. The molecule has 0 fully saturated rings. The van der Waals surface area contributed by atoms with Crippen molar-refractivity contribution in [1.82, 2.24) is 0 Å². The van der Waals surface area contributed by atoms with Crippen LogP contribution in [-0.4, -0.2) is 18.3 Å². The fourth-order valence-electron chi connectivity index (χ4n) is 1.80. The predicted molar refractivity (Wildman–Crippen MR) is 77.7 cm³/mol. The highest BCUT2D eigenvalue weighted by molar-refractivity contribution is 9.10. The molecule has 0 aliphatic carbocycles. The molecule has 0 aliphatic heterocycles. The molecular weight excluding hydrogens is 294 g/mol. The van der Waals surface area contributed by atoms with Gasteiger partial charge in [-0.15, -0.1) is 0 Å². The second-order valence-electron chi connectivity index (χ2n) is 4.96. The van der Waals surface area contributed by atoms with Crippen LogP contribution < -0.4 is 10.5 Å². The van der Waals surface area contributed by atoms with Crippen molar-refractivity contribution in [3.63, 3.8) is 0 Å². The SMILES string of the molecule is COc1ccc([C@H](N)[C@H](O)CCC(C)C)cc1Br. The fraction of sp³-hybridized carbons (Fsp3) is 0.571. The van der Waals surface area contributed by atoms with Gasteiger partial charge in [0.15, 0.2) is 0 Å². The van der Waals surface area contributed by atoms with Gasteiger partial charge in [-0.2, -0.15) is 0 Å². The van der Waals surface area contributed by atoms with Crippen LogP contribution in [0.2, 0.25) is 0 Å². The molecule has 1 rings (SSSR count). The zero-order valence-corrected chi connectivity index (χ0v) is 12.8. The lowest BCUT2D eigenvalue weighted by Crippen LogP contribution is -2.26. The third kappa shape index (κ3) is 4.26. The van der Waals surface area contributed by atoms with E-state index in [0.29, 0.717) is 5.92 Å². The molecule has 0 saturated carbocycles. The first kappa shape index (κ1) is 15.5. The summed E-state index contributed by atoms with van der Waals surface area (Å²) in [7, 11) is 1.62. The van der Waals surface area contributed by atoms with Gasteiger partial charge in [0.1, 0.15) is 5.75 Å². The summed E-state index contributed by atoms with van der Waals surface area (Å²) in [4.78, 5) is 0. The minimum absolute atomic E-state index is 0.356. The number of methoxy groups -OCH3 is 1. The topological polar surface area (TPSA) is 55.5 Å². The molecule has 3 N–H and O–H groups in total. The number of aliphatic hydroxyl groups excluding tert-OH is 1. The average molecular weight is 316 g/mol. The molecule has 0 aliphatic rings. The molecule has 0 aromatic heterocycles. The number of rotatable bonds is 6. The molecule has 0 heterocycles. The maximum absolute atomic E-state index is 10.1. The van der Waals surface area contributed by atoms with Gasteiger partial charge in [0, 0.05) is 0 Å². The van der Waals surface area contributed by atoms with Crippen LogP contribution in [-0.2, 0) is 0 Å². The van der Waals surface area contributed by atoms with Crippen LogP contribution in [0.3, 0.4) is 0 Å². The van der Waals surface area contributed by atoms with Gasteiger partial charge in [0.05, 0.1) is 23.7 Å². The number of nitrogens with two attached hydrogens (primary N) is 1. The Kier molecular flexibility index (Phi) is 6.12. The summed E-state index contributed by atoms with van der Waals surface area (Å²) in [6.07, 6.45) is 1.20. The van der Waals surface area contributed by atoms with Gasteiger partial charge in [0.25, 0.3) is 0 Å². The first-order valence-electron chi connectivity index (χ1n) is 6.22. The molecule has 1 aromatic carbocycles. The lowest BCUT2D eigenvalue weighted by Gasteiger charge is -2.20. The molecule has 0 saturated heterocycles. The van der Waals surface area contributed by atoms with Crippen molar-refractivity contribution < 1.29 is 9.84 Å². The van der Waals surface area contributed by atoms with E-state index in [0.717, 1.165) is 28.6 Å². The molecule has 0 spiro atoms. The number of ether oxygens (including phenoxy) is 1. The fourth-order valence-corrected chi connectivity index (χ4v) is 2.35. The van der Waals surface area contributed by atoms with Gasteiger partial charge in [0.2, 0.25) is 0 Å². The Morgan fingerprint density at radius 3 is 2.50 bits per heavy atom. The van der Waals surface area contributed by atoms with E-state index < -0.39 is 6.10 Å². The van der Waals surface area contributed by atoms with Crippen LogP contribution in [0, 0.1) is 5.92 Å². The second-order valence-corrected chi connectivity index (χ2v) is 5.81. The molecule has 0 unspecified atom stereocenters. The lowest BCUT2D eigenvalue weighted by molar-refractivity contribution is 0.128. The van der Waals surface area contributed by atoms with E-state index >= 15 is 0 Å². The van der Waals surface area contributed by atoms with E-state index in [4.69, 9.17) is 10.5 Å². The van der Waals surface area contributed by atoms with E-state index in [9.17, 15) is 5.11 Å². The van der Waals surface area contributed by atoms with Crippen LogP contribution in [0.5, 0.6) is 5.75 Å². The van der Waals surface area contributed by atoms with Gasteiger partial charge in [-0.25, -0.2) is 0 Å². The van der Waals surface area contributed by atoms with Gasteiger partial charge in [-0.05, 0) is 52.4 Å². The summed E-state index contributed by atoms with van der Waals surface area (Å²) in [5.41, 5.74) is 6.99. The molecule has 0 bridgehead atoms. The Bertz CT molecular complexity index is 382.